The summed E-state index contributed by atoms with van der Waals surface area (Å²) in [5.41, 5.74) is 6.54. The number of nitrogens with one attached hydrogen (secondary N) is 1. The van der Waals surface area contributed by atoms with Crippen LogP contribution in [-0.2, 0) is 0 Å². The van der Waals surface area contributed by atoms with Gasteiger partial charge in [0.15, 0.2) is 5.82 Å². The summed E-state index contributed by atoms with van der Waals surface area (Å²) in [4.78, 5) is 14.8. The fraction of sp³-hybridized carbons (Fsp3) is 0.0769. The van der Waals surface area contributed by atoms with Crippen molar-refractivity contribution in [2.75, 3.05) is 11.1 Å². The van der Waals surface area contributed by atoms with Gasteiger partial charge in [-0.2, -0.15) is 0 Å². The van der Waals surface area contributed by atoms with Crippen molar-refractivity contribution >= 4 is 23.2 Å². The minimum absolute atomic E-state index is 0.0324. The lowest BCUT2D eigenvalue weighted by Crippen LogP contribution is -2.07. The Hall–Kier alpha value is -2.63. The van der Waals surface area contributed by atoms with E-state index in [9.17, 15) is 9.18 Å². The average molecular weight is 261 g/mol. The van der Waals surface area contributed by atoms with Crippen LogP contribution in [0.15, 0.2) is 30.5 Å². The molecular weight excluding hydrogens is 249 g/mol. The summed E-state index contributed by atoms with van der Waals surface area (Å²) < 4.78 is 13.7. The molecule has 0 saturated heterocycles. The van der Waals surface area contributed by atoms with Crippen LogP contribution in [0.25, 0.3) is 0 Å². The highest BCUT2D eigenvalue weighted by Gasteiger charge is 2.13. The molecule has 5 nitrogen and oxygen atoms in total. The Morgan fingerprint density at radius 2 is 2.16 bits per heavy atom. The molecule has 0 bridgehead atoms. The number of carboxylic acids is 1. The molecular formula is C13H12FN3O2. The van der Waals surface area contributed by atoms with Gasteiger partial charge in [-0.15, -0.1) is 0 Å². The molecule has 4 N–H and O–H groups in total. The van der Waals surface area contributed by atoms with Gasteiger partial charge in [0.1, 0.15) is 5.82 Å². The molecule has 0 aliphatic carbocycles. The predicted molar refractivity (Wildman–Crippen MR) is 70.0 cm³/mol. The van der Waals surface area contributed by atoms with Crippen LogP contribution in [0, 0.1) is 12.7 Å². The number of hydrogen-bond acceptors (Lipinski definition) is 4. The molecule has 1 aromatic heterocycles. The fourth-order valence-corrected chi connectivity index (χ4v) is 1.61. The lowest BCUT2D eigenvalue weighted by molar-refractivity contribution is 0.0698. The molecule has 0 atom stereocenters. The SMILES string of the molecule is Cc1ccc(Nc2nccc(C(=O)O)c2N)c(F)c1. The van der Waals surface area contributed by atoms with E-state index in [0.29, 0.717) is 0 Å². The highest BCUT2D eigenvalue weighted by atomic mass is 19.1. The number of nitrogens with two attached hydrogens (primary N) is 1. The number of aryl methyl sites for hydroxylation is 1. The first-order valence-corrected chi connectivity index (χ1v) is 5.50. The van der Waals surface area contributed by atoms with Gasteiger partial charge in [-0.3, -0.25) is 0 Å². The minimum Gasteiger partial charge on any atom is -0.478 e. The topological polar surface area (TPSA) is 88.2 Å². The molecule has 0 aliphatic heterocycles. The van der Waals surface area contributed by atoms with Gasteiger partial charge in [-0.25, -0.2) is 14.2 Å². The quantitative estimate of drug-likeness (QED) is 0.790. The van der Waals surface area contributed by atoms with Crippen LogP contribution in [0.2, 0.25) is 0 Å². The largest absolute Gasteiger partial charge is 0.478 e. The Labute approximate surface area is 108 Å². The zero-order chi connectivity index (χ0) is 14.0. The van der Waals surface area contributed by atoms with Crippen molar-refractivity contribution in [1.82, 2.24) is 4.98 Å². The first-order valence-electron chi connectivity index (χ1n) is 5.50. The van der Waals surface area contributed by atoms with E-state index in [0.717, 1.165) is 5.56 Å². The van der Waals surface area contributed by atoms with Crippen molar-refractivity contribution in [3.63, 3.8) is 0 Å². The molecule has 1 aromatic carbocycles. The van der Waals surface area contributed by atoms with Crippen molar-refractivity contribution in [3.8, 4) is 0 Å². The van der Waals surface area contributed by atoms with E-state index in [-0.39, 0.29) is 22.8 Å². The van der Waals surface area contributed by atoms with Gasteiger partial charge >= 0.3 is 5.97 Å². The highest BCUT2D eigenvalue weighted by molar-refractivity contribution is 5.96. The number of halogens is 1. The maximum absolute atomic E-state index is 13.7. The van der Waals surface area contributed by atoms with Gasteiger partial charge < -0.3 is 16.2 Å². The summed E-state index contributed by atoms with van der Waals surface area (Å²) in [5, 5.41) is 11.6. The molecule has 0 spiro atoms. The molecule has 0 unspecified atom stereocenters. The molecule has 2 rings (SSSR count). The van der Waals surface area contributed by atoms with Gasteiger partial charge in [0, 0.05) is 6.20 Å². The Balaban J connectivity index is 2.38. The van der Waals surface area contributed by atoms with Gasteiger partial charge in [0.25, 0.3) is 0 Å². The van der Waals surface area contributed by atoms with E-state index in [1.165, 1.54) is 18.3 Å². The van der Waals surface area contributed by atoms with Gasteiger partial charge in [0.05, 0.1) is 16.9 Å². The fourth-order valence-electron chi connectivity index (χ4n) is 1.61. The van der Waals surface area contributed by atoms with E-state index in [1.54, 1.807) is 19.1 Å². The summed E-state index contributed by atoms with van der Waals surface area (Å²) in [6.07, 6.45) is 1.30. The van der Waals surface area contributed by atoms with Crippen molar-refractivity contribution in [1.29, 1.82) is 0 Å². The molecule has 19 heavy (non-hydrogen) atoms. The van der Waals surface area contributed by atoms with Crippen molar-refractivity contribution < 1.29 is 14.3 Å². The molecule has 0 fully saturated rings. The van der Waals surface area contributed by atoms with Crippen molar-refractivity contribution in [3.05, 3.63) is 47.4 Å². The van der Waals surface area contributed by atoms with Gasteiger partial charge in [0.2, 0.25) is 0 Å². The number of benzene rings is 1. The average Bonchev–Trinajstić information content (AvgIpc) is 2.34. The van der Waals surface area contributed by atoms with Crippen LogP contribution in [0.3, 0.4) is 0 Å². The number of carbonyl (C=O) groups is 1. The van der Waals surface area contributed by atoms with E-state index < -0.39 is 11.8 Å². The number of pyridine rings is 1. The first-order chi connectivity index (χ1) is 8.99. The monoisotopic (exact) mass is 261 g/mol. The number of nitrogens with zero attached hydrogens (tertiary/aromatic N) is 1. The zero-order valence-electron chi connectivity index (χ0n) is 10.1. The van der Waals surface area contributed by atoms with Crippen LogP contribution >= 0.6 is 0 Å². The molecule has 0 saturated carbocycles. The lowest BCUT2D eigenvalue weighted by Gasteiger charge is -2.11. The third-order valence-corrected chi connectivity index (χ3v) is 2.60. The maximum atomic E-state index is 13.7. The number of aromatic nitrogens is 1. The molecule has 98 valence electrons. The first kappa shape index (κ1) is 12.8. The van der Waals surface area contributed by atoms with E-state index in [4.69, 9.17) is 10.8 Å². The van der Waals surface area contributed by atoms with E-state index >= 15 is 0 Å². The van der Waals surface area contributed by atoms with Crippen molar-refractivity contribution in [2.24, 2.45) is 0 Å². The van der Waals surface area contributed by atoms with Gasteiger partial charge in [-0.05, 0) is 30.7 Å². The van der Waals surface area contributed by atoms with Gasteiger partial charge in [-0.1, -0.05) is 6.07 Å². The summed E-state index contributed by atoms with van der Waals surface area (Å²) in [5.74, 6) is -1.50. The normalized spacial score (nSPS) is 10.2. The Morgan fingerprint density at radius 3 is 2.79 bits per heavy atom. The Morgan fingerprint density at radius 1 is 1.42 bits per heavy atom. The van der Waals surface area contributed by atoms with Crippen LogP contribution < -0.4 is 11.1 Å². The zero-order valence-corrected chi connectivity index (χ0v) is 10.1. The number of hydrogen-bond donors (Lipinski definition) is 3. The molecule has 0 amide bonds. The second-order valence-corrected chi connectivity index (χ2v) is 4.03. The number of nitrogen functional groups attached to an aromatic ring is 1. The number of anilines is 3. The molecule has 2 aromatic rings. The molecule has 0 radical (unpaired) electrons. The second-order valence-electron chi connectivity index (χ2n) is 4.03. The number of aromatic carboxylic acids is 1. The third-order valence-electron chi connectivity index (χ3n) is 2.60. The number of carboxylic acid groups (broad SMARTS) is 1. The number of rotatable bonds is 3. The Kier molecular flexibility index (Phi) is 3.33. The van der Waals surface area contributed by atoms with Crippen LogP contribution in [0.4, 0.5) is 21.6 Å². The van der Waals surface area contributed by atoms with Crippen molar-refractivity contribution in [2.45, 2.75) is 6.92 Å². The third kappa shape index (κ3) is 2.62. The molecule has 0 aliphatic rings. The van der Waals surface area contributed by atoms with E-state index in [2.05, 4.69) is 10.3 Å². The smallest absolute Gasteiger partial charge is 0.337 e. The Bertz CT molecular complexity index is 644. The lowest BCUT2D eigenvalue weighted by atomic mass is 10.2. The maximum Gasteiger partial charge on any atom is 0.337 e. The van der Waals surface area contributed by atoms with Crippen LogP contribution in [-0.4, -0.2) is 16.1 Å². The summed E-state index contributed by atoms with van der Waals surface area (Å²) >= 11 is 0. The summed E-state index contributed by atoms with van der Waals surface area (Å²) in [6.45, 7) is 1.77. The summed E-state index contributed by atoms with van der Waals surface area (Å²) in [7, 11) is 0. The molecule has 6 heteroatoms. The van der Waals surface area contributed by atoms with Crippen LogP contribution in [0.1, 0.15) is 15.9 Å². The summed E-state index contributed by atoms with van der Waals surface area (Å²) in [6, 6.07) is 5.91. The van der Waals surface area contributed by atoms with E-state index in [1.807, 2.05) is 0 Å². The standard InChI is InChI=1S/C13H12FN3O2/c1-7-2-3-10(9(14)6-7)17-12-11(15)8(13(18)19)4-5-16-12/h2-6H,15H2,1H3,(H,16,17)(H,18,19). The van der Waals surface area contributed by atoms with Crippen LogP contribution in [0.5, 0.6) is 0 Å². The highest BCUT2D eigenvalue weighted by Crippen LogP contribution is 2.25. The predicted octanol–water partition coefficient (Wildman–Crippen LogP) is 2.55. The minimum atomic E-state index is -1.16. The second kappa shape index (κ2) is 4.93. The molecule has 1 heterocycles.